The molecule has 2 rings (SSSR count). The van der Waals surface area contributed by atoms with Crippen LogP contribution >= 0.6 is 0 Å². The van der Waals surface area contributed by atoms with Crippen LogP contribution in [0.2, 0.25) is 0 Å². The average molecular weight is 201 g/mol. The minimum absolute atomic E-state index is 0.674. The molecular formula is C12H27NO. The van der Waals surface area contributed by atoms with Crippen molar-refractivity contribution >= 4 is 0 Å². The van der Waals surface area contributed by atoms with Crippen LogP contribution in [0.15, 0.2) is 0 Å². The predicted molar refractivity (Wildman–Crippen MR) is 62.7 cm³/mol. The molecular weight excluding hydrogens is 174 g/mol. The van der Waals surface area contributed by atoms with Gasteiger partial charge in [-0.25, -0.2) is 0 Å². The van der Waals surface area contributed by atoms with Gasteiger partial charge in [0.2, 0.25) is 0 Å². The van der Waals surface area contributed by atoms with Gasteiger partial charge >= 0.3 is 0 Å². The summed E-state index contributed by atoms with van der Waals surface area (Å²) in [6.07, 6.45) is 2.58. The molecule has 2 aliphatic rings. The molecule has 1 spiro atoms. The van der Waals surface area contributed by atoms with Crippen molar-refractivity contribution in [2.75, 3.05) is 33.4 Å². The first-order valence-electron chi connectivity index (χ1n) is 6.07. The number of ether oxygens (including phenoxy) is 1. The highest BCUT2D eigenvalue weighted by Gasteiger charge is 2.41. The van der Waals surface area contributed by atoms with Crippen molar-refractivity contribution in [3.8, 4) is 0 Å². The first kappa shape index (κ1) is 13.9. The van der Waals surface area contributed by atoms with Crippen molar-refractivity contribution in [3.63, 3.8) is 0 Å². The third-order valence-electron chi connectivity index (χ3n) is 2.76. The van der Waals surface area contributed by atoms with E-state index in [-0.39, 0.29) is 0 Å². The molecule has 2 fully saturated rings. The first-order valence-corrected chi connectivity index (χ1v) is 6.07. The molecule has 14 heavy (non-hydrogen) atoms. The van der Waals surface area contributed by atoms with E-state index in [4.69, 9.17) is 4.74 Å². The van der Waals surface area contributed by atoms with Crippen LogP contribution in [0.25, 0.3) is 0 Å². The van der Waals surface area contributed by atoms with Gasteiger partial charge < -0.3 is 9.64 Å². The maximum Gasteiger partial charge on any atom is 0.0472 e. The molecule has 0 saturated carbocycles. The highest BCUT2D eigenvalue weighted by atomic mass is 16.5. The lowest BCUT2D eigenvalue weighted by atomic mass is 9.74. The highest BCUT2D eigenvalue weighted by Crippen LogP contribution is 2.38. The van der Waals surface area contributed by atoms with E-state index in [1.165, 1.54) is 25.9 Å². The third kappa shape index (κ3) is 3.58. The topological polar surface area (TPSA) is 12.5 Å². The second-order valence-electron chi connectivity index (χ2n) is 3.78. The van der Waals surface area contributed by atoms with E-state index in [0.717, 1.165) is 13.2 Å². The average Bonchev–Trinajstić information content (AvgIpc) is 2.23. The van der Waals surface area contributed by atoms with E-state index >= 15 is 0 Å². The Bertz CT molecular complexity index is 115. The van der Waals surface area contributed by atoms with Crippen LogP contribution in [0, 0.1) is 5.41 Å². The number of rotatable bonds is 0. The standard InChI is InChI=1S/C8H15NO.2C2H6/c1-9-6-8(7-9)2-4-10-5-3-8;2*1-2/h2-7H2,1H3;2*1-2H3. The minimum atomic E-state index is 0.674. The normalized spacial score (nSPS) is 23.8. The summed E-state index contributed by atoms with van der Waals surface area (Å²) in [7, 11) is 2.20. The lowest BCUT2D eigenvalue weighted by molar-refractivity contribution is -0.0698. The van der Waals surface area contributed by atoms with Gasteiger partial charge in [-0.1, -0.05) is 27.7 Å². The van der Waals surface area contributed by atoms with Crippen LogP contribution in [-0.4, -0.2) is 38.3 Å². The van der Waals surface area contributed by atoms with Crippen LogP contribution < -0.4 is 0 Å². The molecule has 0 aromatic carbocycles. The van der Waals surface area contributed by atoms with Gasteiger partial charge in [-0.05, 0) is 19.9 Å². The summed E-state index contributed by atoms with van der Waals surface area (Å²) in [6.45, 7) is 12.6. The predicted octanol–water partition coefficient (Wildman–Crippen LogP) is 2.78. The lowest BCUT2D eigenvalue weighted by Crippen LogP contribution is -2.56. The van der Waals surface area contributed by atoms with Gasteiger partial charge in [0, 0.05) is 31.7 Å². The van der Waals surface area contributed by atoms with E-state index in [1.54, 1.807) is 0 Å². The number of likely N-dealkylation sites (tertiary alicyclic amines) is 1. The van der Waals surface area contributed by atoms with E-state index in [1.807, 2.05) is 27.7 Å². The minimum Gasteiger partial charge on any atom is -0.381 e. The van der Waals surface area contributed by atoms with E-state index in [2.05, 4.69) is 11.9 Å². The Kier molecular flexibility index (Phi) is 7.20. The summed E-state index contributed by atoms with van der Waals surface area (Å²) in [5.74, 6) is 0. The van der Waals surface area contributed by atoms with Crippen LogP contribution in [0.3, 0.4) is 0 Å². The van der Waals surface area contributed by atoms with Crippen LogP contribution in [0.1, 0.15) is 40.5 Å². The fourth-order valence-corrected chi connectivity index (χ4v) is 2.22. The Hall–Kier alpha value is -0.0800. The zero-order chi connectivity index (χ0) is 11.0. The summed E-state index contributed by atoms with van der Waals surface area (Å²) in [5.41, 5.74) is 0.674. The summed E-state index contributed by atoms with van der Waals surface area (Å²) < 4.78 is 5.32. The molecule has 0 radical (unpaired) electrons. The molecule has 2 saturated heterocycles. The highest BCUT2D eigenvalue weighted by molar-refractivity contribution is 4.94. The third-order valence-corrected chi connectivity index (χ3v) is 2.76. The largest absolute Gasteiger partial charge is 0.381 e. The van der Waals surface area contributed by atoms with Crippen molar-refractivity contribution < 1.29 is 4.74 Å². The Morgan fingerprint density at radius 3 is 1.71 bits per heavy atom. The molecule has 0 bridgehead atoms. The van der Waals surface area contributed by atoms with Crippen LogP contribution in [0.5, 0.6) is 0 Å². The molecule has 0 N–H and O–H groups in total. The fraction of sp³-hybridized carbons (Fsp3) is 1.00. The zero-order valence-electron chi connectivity index (χ0n) is 10.6. The molecule has 2 aliphatic heterocycles. The zero-order valence-corrected chi connectivity index (χ0v) is 10.6. The SMILES string of the molecule is CC.CC.CN1CC2(CCOCC2)C1. The molecule has 86 valence electrons. The van der Waals surface area contributed by atoms with Gasteiger partial charge in [0.05, 0.1) is 0 Å². The molecule has 0 atom stereocenters. The van der Waals surface area contributed by atoms with Crippen LogP contribution in [0.4, 0.5) is 0 Å². The smallest absolute Gasteiger partial charge is 0.0472 e. The van der Waals surface area contributed by atoms with Gasteiger partial charge in [-0.15, -0.1) is 0 Å². The van der Waals surface area contributed by atoms with E-state index < -0.39 is 0 Å². The molecule has 2 nitrogen and oxygen atoms in total. The van der Waals surface area contributed by atoms with Crippen molar-refractivity contribution in [1.29, 1.82) is 0 Å². The Labute approximate surface area is 89.6 Å². The monoisotopic (exact) mass is 201 g/mol. The molecule has 0 aliphatic carbocycles. The van der Waals surface area contributed by atoms with Gasteiger partial charge in [0.25, 0.3) is 0 Å². The van der Waals surface area contributed by atoms with E-state index in [0.29, 0.717) is 5.41 Å². The van der Waals surface area contributed by atoms with Gasteiger partial charge in [0.1, 0.15) is 0 Å². The Morgan fingerprint density at radius 2 is 1.36 bits per heavy atom. The van der Waals surface area contributed by atoms with Crippen molar-refractivity contribution in [1.82, 2.24) is 4.90 Å². The van der Waals surface area contributed by atoms with Crippen molar-refractivity contribution in [2.45, 2.75) is 40.5 Å². The lowest BCUT2D eigenvalue weighted by Gasteiger charge is -2.50. The van der Waals surface area contributed by atoms with Gasteiger partial charge in [-0.3, -0.25) is 0 Å². The summed E-state index contributed by atoms with van der Waals surface area (Å²) in [5, 5.41) is 0. The fourth-order valence-electron chi connectivity index (χ4n) is 2.22. The van der Waals surface area contributed by atoms with Gasteiger partial charge in [0.15, 0.2) is 0 Å². The quantitative estimate of drug-likeness (QED) is 0.597. The number of hydrogen-bond donors (Lipinski definition) is 0. The first-order chi connectivity index (χ1) is 6.81. The van der Waals surface area contributed by atoms with Crippen LogP contribution in [-0.2, 0) is 4.74 Å². The maximum absolute atomic E-state index is 5.32. The Morgan fingerprint density at radius 1 is 0.929 bits per heavy atom. The van der Waals surface area contributed by atoms with E-state index in [9.17, 15) is 0 Å². The molecule has 0 aromatic heterocycles. The van der Waals surface area contributed by atoms with Crippen molar-refractivity contribution in [2.24, 2.45) is 5.41 Å². The molecule has 0 amide bonds. The second-order valence-corrected chi connectivity index (χ2v) is 3.78. The molecule has 2 heterocycles. The molecule has 0 aromatic rings. The summed E-state index contributed by atoms with van der Waals surface area (Å²) in [6, 6.07) is 0. The summed E-state index contributed by atoms with van der Waals surface area (Å²) in [4.78, 5) is 2.39. The number of hydrogen-bond acceptors (Lipinski definition) is 2. The molecule has 0 unspecified atom stereocenters. The van der Waals surface area contributed by atoms with Gasteiger partial charge in [-0.2, -0.15) is 0 Å². The van der Waals surface area contributed by atoms with Crippen molar-refractivity contribution in [3.05, 3.63) is 0 Å². The summed E-state index contributed by atoms with van der Waals surface area (Å²) >= 11 is 0. The second kappa shape index (κ2) is 7.24. The number of nitrogens with zero attached hydrogens (tertiary/aromatic N) is 1. The maximum atomic E-state index is 5.32. The Balaban J connectivity index is 0.000000379. The molecule has 2 heteroatoms.